The lowest BCUT2D eigenvalue weighted by Crippen LogP contribution is -2.05. The van der Waals surface area contributed by atoms with E-state index in [2.05, 4.69) is 4.98 Å². The van der Waals surface area contributed by atoms with Crippen molar-refractivity contribution in [3.63, 3.8) is 0 Å². The highest BCUT2D eigenvalue weighted by atomic mass is 32.2. The summed E-state index contributed by atoms with van der Waals surface area (Å²) in [7, 11) is 0. The highest BCUT2D eigenvalue weighted by Gasteiger charge is 2.30. The van der Waals surface area contributed by atoms with E-state index in [0.717, 1.165) is 27.6 Å². The predicted octanol–water partition coefficient (Wildman–Crippen LogP) is 4.43. The molecule has 2 aromatic rings. The summed E-state index contributed by atoms with van der Waals surface area (Å²) in [6.45, 7) is 0.375. The standard InChI is InChI=1S/C14H13F3N2S2/c1-20-11-3-2-4-12(10(11)7-18)21-13-6-5-9(8-19-13)14(15,16)17/h2-6,8H,7,18H2,1H3. The van der Waals surface area contributed by atoms with E-state index in [4.69, 9.17) is 5.73 Å². The molecule has 112 valence electrons. The van der Waals surface area contributed by atoms with Crippen molar-refractivity contribution in [2.24, 2.45) is 5.73 Å². The van der Waals surface area contributed by atoms with Crippen molar-refractivity contribution in [1.82, 2.24) is 4.98 Å². The molecule has 0 fully saturated rings. The number of thioether (sulfide) groups is 1. The van der Waals surface area contributed by atoms with E-state index in [-0.39, 0.29) is 0 Å². The highest BCUT2D eigenvalue weighted by Crippen LogP contribution is 2.35. The molecular weight excluding hydrogens is 317 g/mol. The number of benzene rings is 1. The van der Waals surface area contributed by atoms with Gasteiger partial charge in [0.2, 0.25) is 0 Å². The van der Waals surface area contributed by atoms with Gasteiger partial charge in [0.1, 0.15) is 5.03 Å². The smallest absolute Gasteiger partial charge is 0.326 e. The maximum atomic E-state index is 12.5. The predicted molar refractivity (Wildman–Crippen MR) is 79.5 cm³/mol. The Hall–Kier alpha value is -1.18. The number of rotatable bonds is 4. The molecular formula is C14H13F3N2S2. The Morgan fingerprint density at radius 1 is 1.14 bits per heavy atom. The first-order valence-electron chi connectivity index (χ1n) is 6.02. The second-order valence-electron chi connectivity index (χ2n) is 4.13. The van der Waals surface area contributed by atoms with Crippen molar-refractivity contribution < 1.29 is 13.2 Å². The van der Waals surface area contributed by atoms with E-state index in [1.165, 1.54) is 17.8 Å². The van der Waals surface area contributed by atoms with Crippen LogP contribution >= 0.6 is 23.5 Å². The minimum Gasteiger partial charge on any atom is -0.326 e. The van der Waals surface area contributed by atoms with Gasteiger partial charge in [-0.25, -0.2) is 4.98 Å². The van der Waals surface area contributed by atoms with Crippen LogP contribution in [0.2, 0.25) is 0 Å². The van der Waals surface area contributed by atoms with Crippen LogP contribution in [0.25, 0.3) is 0 Å². The number of nitrogens with two attached hydrogens (primary N) is 1. The maximum Gasteiger partial charge on any atom is 0.417 e. The van der Waals surface area contributed by atoms with Crippen LogP contribution in [0, 0.1) is 0 Å². The van der Waals surface area contributed by atoms with Gasteiger partial charge in [-0.3, -0.25) is 0 Å². The summed E-state index contributed by atoms with van der Waals surface area (Å²) in [5.74, 6) is 0. The summed E-state index contributed by atoms with van der Waals surface area (Å²) >= 11 is 2.90. The molecule has 0 aliphatic carbocycles. The van der Waals surface area contributed by atoms with Gasteiger partial charge in [-0.2, -0.15) is 13.2 Å². The number of alkyl halides is 3. The summed E-state index contributed by atoms with van der Waals surface area (Å²) in [6, 6.07) is 8.18. The summed E-state index contributed by atoms with van der Waals surface area (Å²) in [5.41, 5.74) is 6.00. The lowest BCUT2D eigenvalue weighted by atomic mass is 10.2. The molecule has 0 bridgehead atoms. The Morgan fingerprint density at radius 3 is 2.38 bits per heavy atom. The van der Waals surface area contributed by atoms with Crippen LogP contribution in [0.4, 0.5) is 13.2 Å². The van der Waals surface area contributed by atoms with Crippen LogP contribution in [0.15, 0.2) is 51.3 Å². The van der Waals surface area contributed by atoms with Crippen molar-refractivity contribution in [1.29, 1.82) is 0 Å². The molecule has 2 N–H and O–H groups in total. The molecule has 0 saturated carbocycles. The van der Waals surface area contributed by atoms with Gasteiger partial charge < -0.3 is 5.73 Å². The largest absolute Gasteiger partial charge is 0.417 e. The molecule has 0 unspecified atom stereocenters. The van der Waals surface area contributed by atoms with E-state index in [1.54, 1.807) is 11.8 Å². The topological polar surface area (TPSA) is 38.9 Å². The van der Waals surface area contributed by atoms with Crippen LogP contribution < -0.4 is 5.73 Å². The van der Waals surface area contributed by atoms with Gasteiger partial charge in [0.25, 0.3) is 0 Å². The number of pyridine rings is 1. The second-order valence-corrected chi connectivity index (χ2v) is 6.04. The van der Waals surface area contributed by atoms with Gasteiger partial charge in [-0.15, -0.1) is 11.8 Å². The first-order chi connectivity index (χ1) is 9.95. The lowest BCUT2D eigenvalue weighted by Gasteiger charge is -2.11. The van der Waals surface area contributed by atoms with E-state index >= 15 is 0 Å². The fourth-order valence-corrected chi connectivity index (χ4v) is 3.40. The number of nitrogens with zero attached hydrogens (tertiary/aromatic N) is 1. The van der Waals surface area contributed by atoms with Crippen LogP contribution in [0.3, 0.4) is 0 Å². The number of aromatic nitrogens is 1. The lowest BCUT2D eigenvalue weighted by molar-refractivity contribution is -0.137. The molecule has 0 spiro atoms. The molecule has 0 aliphatic heterocycles. The zero-order valence-corrected chi connectivity index (χ0v) is 12.8. The third-order valence-corrected chi connectivity index (χ3v) is 4.67. The molecule has 0 saturated heterocycles. The molecule has 1 aromatic carbocycles. The van der Waals surface area contributed by atoms with Gasteiger partial charge >= 0.3 is 6.18 Å². The zero-order valence-electron chi connectivity index (χ0n) is 11.1. The second kappa shape index (κ2) is 6.72. The van der Waals surface area contributed by atoms with Crippen molar-refractivity contribution in [3.05, 3.63) is 47.7 Å². The Kier molecular flexibility index (Phi) is 5.18. The monoisotopic (exact) mass is 330 g/mol. The van der Waals surface area contributed by atoms with Gasteiger partial charge in [0.05, 0.1) is 5.56 Å². The van der Waals surface area contributed by atoms with Crippen LogP contribution in [-0.2, 0) is 12.7 Å². The van der Waals surface area contributed by atoms with Crippen molar-refractivity contribution >= 4 is 23.5 Å². The molecule has 0 amide bonds. The van der Waals surface area contributed by atoms with E-state index in [1.807, 2.05) is 24.5 Å². The maximum absolute atomic E-state index is 12.5. The summed E-state index contributed by atoms with van der Waals surface area (Å²) in [4.78, 5) is 5.84. The quantitative estimate of drug-likeness (QED) is 0.842. The van der Waals surface area contributed by atoms with Gasteiger partial charge in [0.15, 0.2) is 0 Å². The molecule has 0 radical (unpaired) electrons. The zero-order chi connectivity index (χ0) is 15.5. The molecule has 2 nitrogen and oxygen atoms in total. The van der Waals surface area contributed by atoms with Crippen LogP contribution in [0.1, 0.15) is 11.1 Å². The normalized spacial score (nSPS) is 11.7. The molecule has 1 aromatic heterocycles. The summed E-state index contributed by atoms with van der Waals surface area (Å²) < 4.78 is 37.5. The van der Waals surface area contributed by atoms with E-state index in [0.29, 0.717) is 11.6 Å². The van der Waals surface area contributed by atoms with Crippen LogP contribution in [-0.4, -0.2) is 11.2 Å². The van der Waals surface area contributed by atoms with Gasteiger partial charge in [-0.1, -0.05) is 17.8 Å². The third-order valence-electron chi connectivity index (χ3n) is 2.79. The molecule has 2 rings (SSSR count). The number of hydrogen-bond donors (Lipinski definition) is 1. The Balaban J connectivity index is 2.26. The first-order valence-corrected chi connectivity index (χ1v) is 8.07. The number of halogens is 3. The van der Waals surface area contributed by atoms with Gasteiger partial charge in [0, 0.05) is 22.5 Å². The van der Waals surface area contributed by atoms with Crippen molar-refractivity contribution in [3.8, 4) is 0 Å². The highest BCUT2D eigenvalue weighted by molar-refractivity contribution is 7.99. The molecule has 0 atom stereocenters. The minimum atomic E-state index is -4.36. The molecule has 1 heterocycles. The van der Waals surface area contributed by atoms with E-state index in [9.17, 15) is 13.2 Å². The van der Waals surface area contributed by atoms with Gasteiger partial charge in [-0.05, 0) is 36.1 Å². The molecule has 7 heteroatoms. The Bertz CT molecular complexity index is 613. The summed E-state index contributed by atoms with van der Waals surface area (Å²) in [5, 5.41) is 0.510. The molecule has 0 aliphatic rings. The molecule has 21 heavy (non-hydrogen) atoms. The minimum absolute atomic E-state index is 0.375. The Labute approximate surface area is 129 Å². The third kappa shape index (κ3) is 3.93. The Morgan fingerprint density at radius 2 is 1.86 bits per heavy atom. The fraction of sp³-hybridized carbons (Fsp3) is 0.214. The SMILES string of the molecule is CSc1cccc(Sc2ccc(C(F)(F)F)cn2)c1CN. The van der Waals surface area contributed by atoms with Crippen molar-refractivity contribution in [2.45, 2.75) is 27.5 Å². The van der Waals surface area contributed by atoms with Crippen molar-refractivity contribution in [2.75, 3.05) is 6.26 Å². The first kappa shape index (κ1) is 16.2. The van der Waals surface area contributed by atoms with Crippen LogP contribution in [0.5, 0.6) is 0 Å². The number of hydrogen-bond acceptors (Lipinski definition) is 4. The summed E-state index contributed by atoms with van der Waals surface area (Å²) in [6.07, 6.45) is -1.56. The average molecular weight is 330 g/mol. The average Bonchev–Trinajstić information content (AvgIpc) is 2.46. The van der Waals surface area contributed by atoms with E-state index < -0.39 is 11.7 Å². The fourth-order valence-electron chi connectivity index (χ4n) is 1.75.